The van der Waals surface area contributed by atoms with Crippen molar-refractivity contribution in [3.8, 4) is 5.69 Å². The highest BCUT2D eigenvalue weighted by atomic mass is 16.5. The molecule has 1 atom stereocenters. The van der Waals surface area contributed by atoms with Crippen molar-refractivity contribution < 1.29 is 4.74 Å². The van der Waals surface area contributed by atoms with Gasteiger partial charge >= 0.3 is 0 Å². The second kappa shape index (κ2) is 6.83. The fourth-order valence-electron chi connectivity index (χ4n) is 2.82. The minimum absolute atomic E-state index is 0.255. The fourth-order valence-corrected chi connectivity index (χ4v) is 2.82. The molecule has 1 aromatic carbocycles. The Morgan fingerprint density at radius 3 is 2.76 bits per heavy atom. The fraction of sp³-hybridized carbons (Fsp3) is 0.500. The van der Waals surface area contributed by atoms with E-state index in [0.717, 1.165) is 43.9 Å². The van der Waals surface area contributed by atoms with Gasteiger partial charge in [-0.3, -0.25) is 0 Å². The summed E-state index contributed by atoms with van der Waals surface area (Å²) in [5, 5.41) is 12.4. The zero-order chi connectivity index (χ0) is 14.5. The summed E-state index contributed by atoms with van der Waals surface area (Å²) in [6, 6.07) is 10.3. The first-order valence-corrected chi connectivity index (χ1v) is 7.59. The van der Waals surface area contributed by atoms with Crippen LogP contribution in [0.4, 0.5) is 0 Å². The molecule has 0 saturated carbocycles. The van der Waals surface area contributed by atoms with Crippen molar-refractivity contribution in [2.75, 3.05) is 20.3 Å². The summed E-state index contributed by atoms with van der Waals surface area (Å²) in [6.07, 6.45) is 5.25. The highest BCUT2D eigenvalue weighted by Crippen LogP contribution is 2.26. The zero-order valence-electron chi connectivity index (χ0n) is 12.4. The maximum Gasteiger partial charge on any atom is 0.100 e. The van der Waals surface area contributed by atoms with E-state index < -0.39 is 0 Å². The van der Waals surface area contributed by atoms with Crippen molar-refractivity contribution >= 4 is 0 Å². The van der Waals surface area contributed by atoms with E-state index in [4.69, 9.17) is 4.74 Å². The van der Waals surface area contributed by atoms with E-state index in [9.17, 15) is 0 Å². The number of nitrogens with zero attached hydrogens (tertiary/aromatic N) is 3. The van der Waals surface area contributed by atoms with E-state index in [-0.39, 0.29) is 6.04 Å². The molecule has 0 bridgehead atoms. The van der Waals surface area contributed by atoms with E-state index in [1.807, 2.05) is 43.6 Å². The molecule has 1 fully saturated rings. The first-order valence-electron chi connectivity index (χ1n) is 7.59. The van der Waals surface area contributed by atoms with E-state index in [0.29, 0.717) is 5.92 Å². The van der Waals surface area contributed by atoms with Crippen LogP contribution in [0.2, 0.25) is 0 Å². The first-order chi connectivity index (χ1) is 10.4. The molecule has 5 nitrogen and oxygen atoms in total. The van der Waals surface area contributed by atoms with Crippen LogP contribution in [0.1, 0.15) is 31.0 Å². The van der Waals surface area contributed by atoms with Crippen LogP contribution in [0.15, 0.2) is 36.5 Å². The van der Waals surface area contributed by atoms with Gasteiger partial charge in [-0.25, -0.2) is 0 Å². The van der Waals surface area contributed by atoms with Crippen LogP contribution in [0.25, 0.3) is 5.69 Å². The Kier molecular flexibility index (Phi) is 4.62. The van der Waals surface area contributed by atoms with E-state index >= 15 is 0 Å². The number of ether oxygens (including phenoxy) is 1. The van der Waals surface area contributed by atoms with Gasteiger partial charge in [0.15, 0.2) is 0 Å². The second-order valence-electron chi connectivity index (χ2n) is 5.53. The summed E-state index contributed by atoms with van der Waals surface area (Å²) in [4.78, 5) is 1.70. The lowest BCUT2D eigenvalue weighted by molar-refractivity contribution is 0.0606. The van der Waals surface area contributed by atoms with Crippen molar-refractivity contribution in [1.29, 1.82) is 0 Å². The Hall–Kier alpha value is -1.72. The average molecular weight is 286 g/mol. The number of para-hydroxylation sites is 1. The summed E-state index contributed by atoms with van der Waals surface area (Å²) in [6.45, 7) is 1.77. The molecule has 0 aliphatic carbocycles. The molecular formula is C16H22N4O. The predicted octanol–water partition coefficient (Wildman–Crippen LogP) is 2.34. The molecule has 2 heterocycles. The van der Waals surface area contributed by atoms with Gasteiger partial charge in [0.2, 0.25) is 0 Å². The van der Waals surface area contributed by atoms with Crippen LogP contribution in [-0.2, 0) is 4.74 Å². The van der Waals surface area contributed by atoms with Gasteiger partial charge in [0, 0.05) is 13.2 Å². The predicted molar refractivity (Wildman–Crippen MR) is 81.3 cm³/mol. The summed E-state index contributed by atoms with van der Waals surface area (Å²) >= 11 is 0. The van der Waals surface area contributed by atoms with Gasteiger partial charge in [-0.1, -0.05) is 18.2 Å². The van der Waals surface area contributed by atoms with Gasteiger partial charge in [0.1, 0.15) is 5.69 Å². The largest absolute Gasteiger partial charge is 0.381 e. The molecule has 2 aromatic rings. The Morgan fingerprint density at radius 2 is 2.05 bits per heavy atom. The van der Waals surface area contributed by atoms with E-state index in [2.05, 4.69) is 15.5 Å². The topological polar surface area (TPSA) is 52.0 Å². The van der Waals surface area contributed by atoms with Crippen LogP contribution in [0.5, 0.6) is 0 Å². The molecule has 0 spiro atoms. The van der Waals surface area contributed by atoms with Gasteiger partial charge in [-0.2, -0.15) is 15.0 Å². The molecule has 21 heavy (non-hydrogen) atoms. The number of rotatable bonds is 5. The highest BCUT2D eigenvalue weighted by Gasteiger charge is 2.21. The van der Waals surface area contributed by atoms with E-state index in [1.165, 1.54) is 0 Å². The van der Waals surface area contributed by atoms with Crippen molar-refractivity contribution in [3.63, 3.8) is 0 Å². The van der Waals surface area contributed by atoms with Crippen LogP contribution in [0.3, 0.4) is 0 Å². The molecule has 3 rings (SSSR count). The van der Waals surface area contributed by atoms with Crippen molar-refractivity contribution in [2.45, 2.75) is 25.3 Å². The average Bonchev–Trinajstić information content (AvgIpc) is 3.04. The molecule has 112 valence electrons. The number of aromatic nitrogens is 3. The van der Waals surface area contributed by atoms with Crippen LogP contribution in [-0.4, -0.2) is 35.3 Å². The van der Waals surface area contributed by atoms with Gasteiger partial charge in [-0.05, 0) is 44.4 Å². The molecule has 0 amide bonds. The molecule has 1 unspecified atom stereocenters. The molecule has 1 aliphatic heterocycles. The monoisotopic (exact) mass is 286 g/mol. The normalized spacial score (nSPS) is 17.8. The van der Waals surface area contributed by atoms with Crippen LogP contribution >= 0.6 is 0 Å². The van der Waals surface area contributed by atoms with Crippen LogP contribution < -0.4 is 5.32 Å². The maximum absolute atomic E-state index is 5.43. The van der Waals surface area contributed by atoms with E-state index in [1.54, 1.807) is 4.80 Å². The minimum Gasteiger partial charge on any atom is -0.381 e. The second-order valence-corrected chi connectivity index (χ2v) is 5.53. The quantitative estimate of drug-likeness (QED) is 0.916. The Bertz CT molecular complexity index is 548. The molecule has 1 aromatic heterocycles. The van der Waals surface area contributed by atoms with Gasteiger partial charge in [-0.15, -0.1) is 0 Å². The lowest BCUT2D eigenvalue weighted by Crippen LogP contribution is -2.24. The summed E-state index contributed by atoms with van der Waals surface area (Å²) in [5.74, 6) is 0.707. The highest BCUT2D eigenvalue weighted by molar-refractivity contribution is 5.28. The third kappa shape index (κ3) is 3.49. The smallest absolute Gasteiger partial charge is 0.100 e. The Morgan fingerprint density at radius 1 is 1.29 bits per heavy atom. The third-order valence-electron chi connectivity index (χ3n) is 4.11. The number of benzene rings is 1. The van der Waals surface area contributed by atoms with Gasteiger partial charge in [0.25, 0.3) is 0 Å². The number of hydrogen-bond donors (Lipinski definition) is 1. The Balaban J connectivity index is 1.71. The third-order valence-corrected chi connectivity index (χ3v) is 4.11. The first kappa shape index (κ1) is 14.2. The molecular weight excluding hydrogens is 264 g/mol. The Labute approximate surface area is 125 Å². The number of hydrogen-bond acceptors (Lipinski definition) is 4. The molecule has 1 aliphatic rings. The van der Waals surface area contributed by atoms with Crippen molar-refractivity contribution in [1.82, 2.24) is 20.3 Å². The zero-order valence-corrected chi connectivity index (χ0v) is 12.4. The van der Waals surface area contributed by atoms with Gasteiger partial charge < -0.3 is 10.1 Å². The summed E-state index contributed by atoms with van der Waals surface area (Å²) < 4.78 is 5.43. The van der Waals surface area contributed by atoms with Crippen LogP contribution in [0, 0.1) is 5.92 Å². The van der Waals surface area contributed by atoms with Gasteiger partial charge in [0.05, 0.1) is 17.9 Å². The molecule has 0 radical (unpaired) electrons. The lowest BCUT2D eigenvalue weighted by Gasteiger charge is -2.25. The molecule has 5 heteroatoms. The maximum atomic E-state index is 5.43. The lowest BCUT2D eigenvalue weighted by atomic mass is 9.91. The SMILES string of the molecule is CNC(CC1CCOCC1)c1cnn(-c2ccccc2)n1. The minimum atomic E-state index is 0.255. The molecule has 1 N–H and O–H groups in total. The van der Waals surface area contributed by atoms with Crippen molar-refractivity contribution in [3.05, 3.63) is 42.2 Å². The summed E-state index contributed by atoms with van der Waals surface area (Å²) in [7, 11) is 1.99. The van der Waals surface area contributed by atoms with Crippen molar-refractivity contribution in [2.24, 2.45) is 5.92 Å². The standard InChI is InChI=1S/C16H22N4O/c1-17-15(11-13-7-9-21-10-8-13)16-12-18-20(19-16)14-5-3-2-4-6-14/h2-6,12-13,15,17H,7-11H2,1H3. The number of nitrogens with one attached hydrogen (secondary N) is 1. The molecule has 1 saturated heterocycles. The summed E-state index contributed by atoms with van der Waals surface area (Å²) in [5.41, 5.74) is 2.00.